The molecule has 3 aromatic heterocycles. The predicted octanol–water partition coefficient (Wildman–Crippen LogP) is 5.69. The minimum absolute atomic E-state index is 0. The maximum Gasteiger partial charge on any atom is 0.0737 e. The number of benzene rings is 1. The number of rotatable bonds is 1. The molecule has 1 aromatic carbocycles. The van der Waals surface area contributed by atoms with Gasteiger partial charge in [0.1, 0.15) is 0 Å². The molecule has 0 spiro atoms. The van der Waals surface area contributed by atoms with Gasteiger partial charge in [0.15, 0.2) is 0 Å². The summed E-state index contributed by atoms with van der Waals surface area (Å²) in [5, 5.41) is 0. The summed E-state index contributed by atoms with van der Waals surface area (Å²) in [6, 6.07) is 26.9. The molecule has 2 N–H and O–H groups in total. The first-order chi connectivity index (χ1) is 14.8. The van der Waals surface area contributed by atoms with E-state index in [0.717, 1.165) is 56.0 Å². The fourth-order valence-corrected chi connectivity index (χ4v) is 3.86. The average molecular weight is 427 g/mol. The van der Waals surface area contributed by atoms with E-state index >= 15 is 0 Å². The van der Waals surface area contributed by atoms with Gasteiger partial charge in [-0.3, -0.25) is 0 Å². The first-order valence-corrected chi connectivity index (χ1v) is 9.92. The minimum atomic E-state index is 0. The Hall–Kier alpha value is -2.92. The van der Waals surface area contributed by atoms with Crippen LogP contribution in [0.1, 0.15) is 28.3 Å². The number of H-pyrrole nitrogens is 2. The van der Waals surface area contributed by atoms with Crippen molar-refractivity contribution in [3.05, 3.63) is 107 Å². The number of nitrogens with zero attached hydrogens (tertiary/aromatic N) is 2. The van der Waals surface area contributed by atoms with E-state index in [1.54, 1.807) is 0 Å². The van der Waals surface area contributed by atoms with Crippen LogP contribution in [0.5, 0.6) is 0 Å². The summed E-state index contributed by atoms with van der Waals surface area (Å²) in [5.74, 6) is 0. The number of hydrogen-bond acceptors (Lipinski definition) is 2. The fraction of sp³-hybridized carbons (Fsp3) is 0. The van der Waals surface area contributed by atoms with Crippen LogP contribution in [0.3, 0.4) is 0 Å². The van der Waals surface area contributed by atoms with Crippen molar-refractivity contribution in [2.24, 2.45) is 0 Å². The third kappa shape index (κ3) is 4.15. The Morgan fingerprint density at radius 2 is 1.13 bits per heavy atom. The number of hydrogen-bond donors (Lipinski definition) is 2. The van der Waals surface area contributed by atoms with Crippen LogP contribution in [0.2, 0.25) is 0 Å². The molecule has 6 rings (SSSR count). The molecule has 2 aliphatic heterocycles. The average Bonchev–Trinajstić information content (AvgIpc) is 3.53. The Kier molecular flexibility index (Phi) is 5.36. The molecular weight excluding hydrogens is 408 g/mol. The maximum absolute atomic E-state index is 4.90. The summed E-state index contributed by atoms with van der Waals surface area (Å²) in [4.78, 5) is 16.5. The number of fused-ring (bicyclic) bond motifs is 8. The largest absolute Gasteiger partial charge is 0.355 e. The summed E-state index contributed by atoms with van der Waals surface area (Å²) in [6.45, 7) is 0. The zero-order chi connectivity index (χ0) is 19.9. The van der Waals surface area contributed by atoms with Gasteiger partial charge in [-0.05, 0) is 72.3 Å². The molecule has 0 fully saturated rings. The minimum Gasteiger partial charge on any atom is -0.355 e. The third-order valence-corrected chi connectivity index (χ3v) is 5.25. The Morgan fingerprint density at radius 3 is 1.81 bits per heavy atom. The standard InChI is InChI=1S/C26H18N4.Ca/c1-2-4-17(5-3-1)25-15-24-14-22-9-8-20(28-22)12-18-6-7-19(27-18)13-21-10-11-23(29-21)16-26(25)30-24;/h1-16,27-28H;. The first-order valence-electron chi connectivity index (χ1n) is 9.92. The second-order valence-corrected chi connectivity index (χ2v) is 7.46. The van der Waals surface area contributed by atoms with E-state index in [2.05, 4.69) is 88.8 Å². The van der Waals surface area contributed by atoms with Crippen molar-refractivity contribution >= 4 is 83.6 Å². The van der Waals surface area contributed by atoms with Gasteiger partial charge in [-0.2, -0.15) is 0 Å². The molecule has 4 nitrogen and oxygen atoms in total. The fourth-order valence-electron chi connectivity index (χ4n) is 3.86. The number of nitrogens with one attached hydrogen (secondary N) is 2. The van der Waals surface area contributed by atoms with Crippen LogP contribution in [0.4, 0.5) is 0 Å². The Labute approximate surface area is 209 Å². The number of aromatic amines is 2. The molecule has 0 saturated carbocycles. The van der Waals surface area contributed by atoms with Crippen LogP contribution in [0, 0.1) is 0 Å². The van der Waals surface area contributed by atoms with Crippen LogP contribution < -0.4 is 0 Å². The van der Waals surface area contributed by atoms with Crippen molar-refractivity contribution in [1.29, 1.82) is 0 Å². The molecule has 0 amide bonds. The van der Waals surface area contributed by atoms with Gasteiger partial charge in [-0.25, -0.2) is 9.97 Å². The Bertz CT molecular complexity index is 1490. The number of aromatic nitrogens is 4. The molecule has 144 valence electrons. The van der Waals surface area contributed by atoms with E-state index in [-0.39, 0.29) is 37.7 Å². The van der Waals surface area contributed by atoms with Crippen LogP contribution in [-0.4, -0.2) is 57.7 Å². The van der Waals surface area contributed by atoms with Gasteiger partial charge in [0.2, 0.25) is 0 Å². The van der Waals surface area contributed by atoms with Crippen molar-refractivity contribution in [3.8, 4) is 0 Å². The van der Waals surface area contributed by atoms with Crippen LogP contribution >= 0.6 is 0 Å². The van der Waals surface area contributed by atoms with Gasteiger partial charge in [0.25, 0.3) is 0 Å². The van der Waals surface area contributed by atoms with E-state index in [4.69, 9.17) is 9.97 Å². The third-order valence-electron chi connectivity index (χ3n) is 5.25. The Morgan fingerprint density at radius 1 is 0.548 bits per heavy atom. The molecule has 2 aliphatic rings. The molecule has 2 radical (unpaired) electrons. The van der Waals surface area contributed by atoms with Gasteiger partial charge in [-0.1, -0.05) is 30.3 Å². The van der Waals surface area contributed by atoms with Crippen LogP contribution in [0.25, 0.3) is 45.9 Å². The van der Waals surface area contributed by atoms with Gasteiger partial charge in [0, 0.05) is 65.4 Å². The quantitative estimate of drug-likeness (QED) is 0.332. The molecule has 31 heavy (non-hydrogen) atoms. The maximum atomic E-state index is 4.90. The summed E-state index contributed by atoms with van der Waals surface area (Å²) in [6.07, 6.45) is 6.20. The zero-order valence-electron chi connectivity index (χ0n) is 16.8. The summed E-state index contributed by atoms with van der Waals surface area (Å²) in [7, 11) is 0. The topological polar surface area (TPSA) is 57.4 Å². The van der Waals surface area contributed by atoms with Crippen molar-refractivity contribution in [1.82, 2.24) is 19.9 Å². The molecular formula is C26H18CaN4. The zero-order valence-corrected chi connectivity index (χ0v) is 19.0. The molecule has 5 heteroatoms. The molecule has 4 aromatic rings. The van der Waals surface area contributed by atoms with Crippen molar-refractivity contribution in [3.63, 3.8) is 0 Å². The summed E-state index contributed by atoms with van der Waals surface area (Å²) < 4.78 is 0. The van der Waals surface area contributed by atoms with E-state index in [9.17, 15) is 0 Å². The molecule has 0 saturated heterocycles. The summed E-state index contributed by atoms with van der Waals surface area (Å²) in [5.41, 5.74) is 10.0. The van der Waals surface area contributed by atoms with E-state index in [1.807, 2.05) is 18.2 Å². The second-order valence-electron chi connectivity index (χ2n) is 7.46. The SMILES string of the molecule is C1=Cc2cc3ccc(cc4ccc(cc5nc(cc1n2)C(c1ccccc1)=C5)[nH]4)[nH]3.[Ca]. The van der Waals surface area contributed by atoms with Crippen LogP contribution in [0.15, 0.2) is 78.9 Å². The van der Waals surface area contributed by atoms with Gasteiger partial charge in [-0.15, -0.1) is 0 Å². The molecule has 5 heterocycles. The molecule has 8 bridgehead atoms. The monoisotopic (exact) mass is 426 g/mol. The van der Waals surface area contributed by atoms with Crippen molar-refractivity contribution < 1.29 is 0 Å². The van der Waals surface area contributed by atoms with Crippen molar-refractivity contribution in [2.45, 2.75) is 0 Å². The van der Waals surface area contributed by atoms with E-state index in [1.165, 1.54) is 0 Å². The Balaban J connectivity index is 0.00000204. The molecule has 0 unspecified atom stereocenters. The van der Waals surface area contributed by atoms with Crippen molar-refractivity contribution in [2.75, 3.05) is 0 Å². The molecule has 0 atom stereocenters. The molecule has 0 aliphatic carbocycles. The van der Waals surface area contributed by atoms with E-state index < -0.39 is 0 Å². The van der Waals surface area contributed by atoms with Gasteiger partial charge < -0.3 is 9.97 Å². The van der Waals surface area contributed by atoms with Crippen LogP contribution in [-0.2, 0) is 0 Å². The van der Waals surface area contributed by atoms with E-state index in [0.29, 0.717) is 0 Å². The summed E-state index contributed by atoms with van der Waals surface area (Å²) >= 11 is 0. The second kappa shape index (κ2) is 8.31. The normalized spacial score (nSPS) is 12.3. The smallest absolute Gasteiger partial charge is 0.0737 e. The van der Waals surface area contributed by atoms with Gasteiger partial charge in [0.05, 0.1) is 22.8 Å². The van der Waals surface area contributed by atoms with Gasteiger partial charge >= 0.3 is 0 Å². The first kappa shape index (κ1) is 20.0. The predicted molar refractivity (Wildman–Crippen MR) is 129 cm³/mol.